The van der Waals surface area contributed by atoms with Gasteiger partial charge in [-0.2, -0.15) is 0 Å². The molecule has 1 saturated heterocycles. The number of likely N-dealkylation sites (tertiary alicyclic amines) is 1. The van der Waals surface area contributed by atoms with Gasteiger partial charge in [0.15, 0.2) is 0 Å². The summed E-state index contributed by atoms with van der Waals surface area (Å²) in [5.41, 5.74) is 1.32. The standard InChI is InChI=1S/C25H32N2O4S/c1-16-8-10-17(11-9-16)22(28)27(19-7-6-14-26(5)23(19)29)20-15-18(12-13-25(2,3)4)32-21(20)24(30)31/h8,15,17,19H,6-7,9-11,14H2,1-5H3,(H,30,31)/t17-,19-/m0/s1. The van der Waals surface area contributed by atoms with E-state index in [0.717, 1.165) is 24.2 Å². The van der Waals surface area contributed by atoms with Crippen LogP contribution in [0.4, 0.5) is 5.69 Å². The van der Waals surface area contributed by atoms with Gasteiger partial charge < -0.3 is 10.0 Å². The molecule has 2 amide bonds. The maximum Gasteiger partial charge on any atom is 0.348 e. The quantitative estimate of drug-likeness (QED) is 0.533. The lowest BCUT2D eigenvalue weighted by atomic mass is 9.88. The van der Waals surface area contributed by atoms with Crippen molar-refractivity contribution in [2.24, 2.45) is 11.3 Å². The number of nitrogens with zero attached hydrogens (tertiary/aromatic N) is 2. The summed E-state index contributed by atoms with van der Waals surface area (Å²) in [7, 11) is 1.73. The maximum absolute atomic E-state index is 13.8. The molecule has 1 N–H and O–H groups in total. The molecule has 2 aliphatic rings. The number of thiophene rings is 1. The average Bonchev–Trinajstić information content (AvgIpc) is 3.14. The molecule has 0 radical (unpaired) electrons. The van der Waals surface area contributed by atoms with Crippen LogP contribution in [-0.2, 0) is 9.59 Å². The van der Waals surface area contributed by atoms with Crippen molar-refractivity contribution in [3.8, 4) is 11.8 Å². The fraction of sp³-hybridized carbons (Fsp3) is 0.560. The third kappa shape index (κ3) is 5.42. The minimum atomic E-state index is -1.11. The van der Waals surface area contributed by atoms with Gasteiger partial charge in [0.05, 0.1) is 10.6 Å². The SMILES string of the molecule is CC1=CC[C@H](C(=O)N(c2cc(C#CC(C)(C)C)sc2C(=O)O)[C@H]2CCCN(C)C2=O)CC1. The Morgan fingerprint density at radius 3 is 2.59 bits per heavy atom. The summed E-state index contributed by atoms with van der Waals surface area (Å²) in [6.07, 6.45) is 5.52. The number of carboxylic acids is 1. The van der Waals surface area contributed by atoms with Crippen LogP contribution in [0.5, 0.6) is 0 Å². The Kier molecular flexibility index (Phi) is 7.14. The largest absolute Gasteiger partial charge is 0.477 e. The fourth-order valence-corrected chi connectivity index (χ4v) is 4.94. The third-order valence-electron chi connectivity index (χ3n) is 5.90. The number of amides is 2. The van der Waals surface area contributed by atoms with E-state index in [9.17, 15) is 19.5 Å². The predicted octanol–water partition coefficient (Wildman–Crippen LogP) is 4.54. The van der Waals surface area contributed by atoms with Gasteiger partial charge in [0.1, 0.15) is 10.9 Å². The van der Waals surface area contributed by atoms with Crippen LogP contribution in [0.15, 0.2) is 17.7 Å². The minimum absolute atomic E-state index is 0.0557. The number of piperidine rings is 1. The van der Waals surface area contributed by atoms with Gasteiger partial charge in [-0.1, -0.05) is 23.5 Å². The van der Waals surface area contributed by atoms with E-state index in [4.69, 9.17) is 0 Å². The zero-order valence-electron chi connectivity index (χ0n) is 19.5. The van der Waals surface area contributed by atoms with E-state index in [1.807, 2.05) is 20.8 Å². The van der Waals surface area contributed by atoms with Crippen molar-refractivity contribution >= 4 is 34.8 Å². The lowest BCUT2D eigenvalue weighted by Gasteiger charge is -2.38. The Bertz CT molecular complexity index is 1010. The first kappa shape index (κ1) is 24.1. The number of carboxylic acid groups (broad SMARTS) is 1. The molecule has 32 heavy (non-hydrogen) atoms. The summed E-state index contributed by atoms with van der Waals surface area (Å²) in [5, 5.41) is 9.92. The molecule has 1 aromatic heterocycles. The molecule has 7 heteroatoms. The normalized spacial score (nSPS) is 21.5. The Morgan fingerprint density at radius 2 is 2.00 bits per heavy atom. The summed E-state index contributed by atoms with van der Waals surface area (Å²) in [5.74, 6) is 4.52. The maximum atomic E-state index is 13.8. The molecular formula is C25H32N2O4S. The number of allylic oxidation sites excluding steroid dienone is 2. The molecule has 1 aromatic rings. The molecule has 0 aromatic carbocycles. The van der Waals surface area contributed by atoms with Crippen LogP contribution in [0.1, 0.15) is 74.3 Å². The highest BCUT2D eigenvalue weighted by Crippen LogP contribution is 2.36. The summed E-state index contributed by atoms with van der Waals surface area (Å²) in [6.45, 7) is 8.65. The molecule has 172 valence electrons. The number of anilines is 1. The first-order valence-electron chi connectivity index (χ1n) is 11.1. The topological polar surface area (TPSA) is 77.9 Å². The van der Waals surface area contributed by atoms with E-state index in [2.05, 4.69) is 24.8 Å². The first-order chi connectivity index (χ1) is 15.0. The molecule has 1 aliphatic carbocycles. The van der Waals surface area contributed by atoms with Crippen LogP contribution < -0.4 is 4.90 Å². The smallest absolute Gasteiger partial charge is 0.348 e. The fourth-order valence-electron chi connectivity index (χ4n) is 4.10. The van der Waals surface area contributed by atoms with Crippen molar-refractivity contribution in [2.75, 3.05) is 18.5 Å². The Morgan fingerprint density at radius 1 is 1.28 bits per heavy atom. The van der Waals surface area contributed by atoms with Crippen LogP contribution >= 0.6 is 11.3 Å². The number of aromatic carboxylic acids is 1. The van der Waals surface area contributed by atoms with Crippen molar-refractivity contribution in [1.29, 1.82) is 0 Å². The molecule has 2 heterocycles. The second kappa shape index (κ2) is 9.50. The summed E-state index contributed by atoms with van der Waals surface area (Å²) >= 11 is 1.06. The Labute approximate surface area is 194 Å². The van der Waals surface area contributed by atoms with Crippen LogP contribution in [0, 0.1) is 23.2 Å². The molecular weight excluding hydrogens is 424 g/mol. The summed E-state index contributed by atoms with van der Waals surface area (Å²) < 4.78 is 0. The summed E-state index contributed by atoms with van der Waals surface area (Å²) in [4.78, 5) is 42.7. The van der Waals surface area contributed by atoms with E-state index in [-0.39, 0.29) is 28.0 Å². The van der Waals surface area contributed by atoms with Crippen molar-refractivity contribution in [3.05, 3.63) is 27.5 Å². The van der Waals surface area contributed by atoms with E-state index in [1.54, 1.807) is 18.0 Å². The molecule has 6 nitrogen and oxygen atoms in total. The molecule has 0 saturated carbocycles. The molecule has 0 bridgehead atoms. The van der Waals surface area contributed by atoms with Crippen molar-refractivity contribution < 1.29 is 19.5 Å². The number of hydrogen-bond acceptors (Lipinski definition) is 4. The van der Waals surface area contributed by atoms with Crippen molar-refractivity contribution in [1.82, 2.24) is 4.90 Å². The van der Waals surface area contributed by atoms with E-state index in [0.29, 0.717) is 36.4 Å². The van der Waals surface area contributed by atoms with Gasteiger partial charge in [-0.15, -0.1) is 11.3 Å². The van der Waals surface area contributed by atoms with Gasteiger partial charge in [-0.05, 0) is 65.9 Å². The van der Waals surface area contributed by atoms with Gasteiger partial charge in [-0.3, -0.25) is 14.5 Å². The predicted molar refractivity (Wildman–Crippen MR) is 127 cm³/mol. The second-order valence-electron chi connectivity index (χ2n) is 9.78. The van der Waals surface area contributed by atoms with Crippen LogP contribution in [0.2, 0.25) is 0 Å². The number of likely N-dealkylation sites (N-methyl/N-ethyl adjacent to an activating group) is 1. The van der Waals surface area contributed by atoms with Gasteiger partial charge in [0, 0.05) is 24.9 Å². The summed E-state index contributed by atoms with van der Waals surface area (Å²) in [6, 6.07) is 0.987. The second-order valence-corrected chi connectivity index (χ2v) is 10.8. The van der Waals surface area contributed by atoms with Crippen LogP contribution in [-0.4, -0.2) is 47.4 Å². The number of carbonyl (C=O) groups excluding carboxylic acids is 2. The van der Waals surface area contributed by atoms with E-state index >= 15 is 0 Å². The highest BCUT2D eigenvalue weighted by atomic mass is 32.1. The lowest BCUT2D eigenvalue weighted by Crippen LogP contribution is -2.55. The number of carbonyl (C=O) groups is 3. The first-order valence-corrected chi connectivity index (χ1v) is 11.9. The Hall–Kier alpha value is -2.59. The molecule has 0 unspecified atom stereocenters. The van der Waals surface area contributed by atoms with Crippen molar-refractivity contribution in [2.45, 2.75) is 65.8 Å². The zero-order chi connectivity index (χ0) is 23.6. The molecule has 0 spiro atoms. The van der Waals surface area contributed by atoms with Crippen molar-refractivity contribution in [3.63, 3.8) is 0 Å². The minimum Gasteiger partial charge on any atom is -0.477 e. The molecule has 1 aliphatic heterocycles. The van der Waals surface area contributed by atoms with Gasteiger partial charge in [0.2, 0.25) is 11.8 Å². The van der Waals surface area contributed by atoms with E-state index in [1.165, 1.54) is 10.5 Å². The Balaban J connectivity index is 2.09. The zero-order valence-corrected chi connectivity index (χ0v) is 20.3. The third-order valence-corrected chi connectivity index (χ3v) is 6.92. The van der Waals surface area contributed by atoms with E-state index < -0.39 is 12.0 Å². The molecule has 2 atom stereocenters. The average molecular weight is 457 g/mol. The highest BCUT2D eigenvalue weighted by Gasteiger charge is 2.40. The number of rotatable bonds is 4. The highest BCUT2D eigenvalue weighted by molar-refractivity contribution is 7.15. The van der Waals surface area contributed by atoms with Gasteiger partial charge in [0.25, 0.3) is 0 Å². The van der Waals surface area contributed by atoms with Gasteiger partial charge >= 0.3 is 5.97 Å². The molecule has 1 fully saturated rings. The van der Waals surface area contributed by atoms with Crippen LogP contribution in [0.25, 0.3) is 0 Å². The van der Waals surface area contributed by atoms with Crippen LogP contribution in [0.3, 0.4) is 0 Å². The lowest BCUT2D eigenvalue weighted by molar-refractivity contribution is -0.136. The monoisotopic (exact) mass is 456 g/mol. The van der Waals surface area contributed by atoms with Gasteiger partial charge in [-0.25, -0.2) is 4.79 Å². The number of hydrogen-bond donors (Lipinski definition) is 1. The molecule has 3 rings (SSSR count).